The minimum atomic E-state index is 0. The molecule has 5 nitrogen and oxygen atoms in total. The summed E-state index contributed by atoms with van der Waals surface area (Å²) in [6.45, 7) is 5.03. The zero-order chi connectivity index (χ0) is 17.5. The summed E-state index contributed by atoms with van der Waals surface area (Å²) < 4.78 is 5.61. The van der Waals surface area contributed by atoms with Gasteiger partial charge in [0.25, 0.3) is 0 Å². The number of hydrogen-bond acceptors (Lipinski definition) is 3. The van der Waals surface area contributed by atoms with Gasteiger partial charge in [-0.3, -0.25) is 9.89 Å². The standard InChI is InChI=1S/C20H32N4O.HI/c1-25-19-11-5-4-10-17(19)18(23-12-8-9-13-23)16-22-20(21)24-14-6-2-3-7-15-24;/h4-5,10-11,18H,2-3,6-9,12-16H2,1H3,(H2,21,22);1H. The molecule has 0 aliphatic carbocycles. The van der Waals surface area contributed by atoms with Gasteiger partial charge in [0.15, 0.2) is 5.96 Å². The van der Waals surface area contributed by atoms with Crippen LogP contribution in [0.2, 0.25) is 0 Å². The summed E-state index contributed by atoms with van der Waals surface area (Å²) in [4.78, 5) is 9.59. The van der Waals surface area contributed by atoms with Crippen molar-refractivity contribution in [2.75, 3.05) is 39.8 Å². The van der Waals surface area contributed by atoms with Gasteiger partial charge in [0, 0.05) is 18.7 Å². The van der Waals surface area contributed by atoms with E-state index in [2.05, 4.69) is 21.9 Å². The van der Waals surface area contributed by atoms with Gasteiger partial charge < -0.3 is 15.4 Å². The molecule has 2 saturated heterocycles. The number of nitrogens with zero attached hydrogens (tertiary/aromatic N) is 3. The normalized spacial score (nSPS) is 20.3. The topological polar surface area (TPSA) is 54.1 Å². The summed E-state index contributed by atoms with van der Waals surface area (Å²) in [6.07, 6.45) is 7.58. The lowest BCUT2D eigenvalue weighted by Gasteiger charge is -2.29. The Labute approximate surface area is 175 Å². The van der Waals surface area contributed by atoms with E-state index < -0.39 is 0 Å². The summed E-state index contributed by atoms with van der Waals surface area (Å²) >= 11 is 0. The minimum Gasteiger partial charge on any atom is -0.496 e. The van der Waals surface area contributed by atoms with Gasteiger partial charge >= 0.3 is 0 Å². The second-order valence-electron chi connectivity index (χ2n) is 7.10. The van der Waals surface area contributed by atoms with Crippen LogP contribution in [0, 0.1) is 0 Å². The van der Waals surface area contributed by atoms with Crippen LogP contribution in [0.1, 0.15) is 50.1 Å². The first kappa shape index (κ1) is 21.3. The maximum atomic E-state index is 6.34. The Morgan fingerprint density at radius 3 is 2.31 bits per heavy atom. The third kappa shape index (κ3) is 5.49. The monoisotopic (exact) mass is 472 g/mol. The van der Waals surface area contributed by atoms with Crippen LogP contribution < -0.4 is 10.5 Å². The summed E-state index contributed by atoms with van der Waals surface area (Å²) in [5, 5.41) is 0. The van der Waals surface area contributed by atoms with E-state index in [4.69, 9.17) is 15.5 Å². The lowest BCUT2D eigenvalue weighted by Crippen LogP contribution is -2.39. The average molecular weight is 472 g/mol. The molecular weight excluding hydrogens is 439 g/mol. The maximum absolute atomic E-state index is 6.34. The molecule has 0 radical (unpaired) electrons. The SMILES string of the molecule is COc1ccccc1C(CN=C(N)N1CCCCCC1)N1CCCC1.I. The number of ether oxygens (including phenoxy) is 1. The van der Waals surface area contributed by atoms with E-state index in [9.17, 15) is 0 Å². The van der Waals surface area contributed by atoms with Crippen molar-refractivity contribution in [2.45, 2.75) is 44.6 Å². The van der Waals surface area contributed by atoms with Crippen LogP contribution >= 0.6 is 24.0 Å². The van der Waals surface area contributed by atoms with Crippen molar-refractivity contribution in [3.63, 3.8) is 0 Å². The second-order valence-corrected chi connectivity index (χ2v) is 7.10. The molecule has 0 amide bonds. The molecule has 2 aliphatic heterocycles. The molecule has 0 spiro atoms. The zero-order valence-electron chi connectivity index (χ0n) is 15.9. The number of nitrogens with two attached hydrogens (primary N) is 1. The molecule has 0 bridgehead atoms. The highest BCUT2D eigenvalue weighted by atomic mass is 127. The predicted octanol–water partition coefficient (Wildman–Crippen LogP) is 3.64. The highest BCUT2D eigenvalue weighted by Gasteiger charge is 2.26. The Morgan fingerprint density at radius 1 is 1.04 bits per heavy atom. The summed E-state index contributed by atoms with van der Waals surface area (Å²) in [5.41, 5.74) is 7.56. The Morgan fingerprint density at radius 2 is 1.65 bits per heavy atom. The van der Waals surface area contributed by atoms with Crippen molar-refractivity contribution in [3.8, 4) is 5.75 Å². The van der Waals surface area contributed by atoms with Crippen molar-refractivity contribution >= 4 is 29.9 Å². The number of benzene rings is 1. The molecule has 2 N–H and O–H groups in total. The lowest BCUT2D eigenvalue weighted by molar-refractivity contribution is 0.245. The van der Waals surface area contributed by atoms with Crippen molar-refractivity contribution < 1.29 is 4.74 Å². The third-order valence-corrected chi connectivity index (χ3v) is 5.44. The molecule has 1 atom stereocenters. The van der Waals surface area contributed by atoms with Gasteiger partial charge in [-0.25, -0.2) is 0 Å². The van der Waals surface area contributed by atoms with Crippen molar-refractivity contribution in [1.82, 2.24) is 9.80 Å². The Kier molecular flexibility index (Phi) is 8.98. The predicted molar refractivity (Wildman–Crippen MR) is 118 cm³/mol. The molecule has 146 valence electrons. The van der Waals surface area contributed by atoms with Crippen LogP contribution in [0.4, 0.5) is 0 Å². The van der Waals surface area contributed by atoms with E-state index >= 15 is 0 Å². The first-order chi connectivity index (χ1) is 12.3. The van der Waals surface area contributed by atoms with Crippen LogP contribution in [-0.4, -0.2) is 55.6 Å². The van der Waals surface area contributed by atoms with E-state index in [1.54, 1.807) is 7.11 Å². The van der Waals surface area contributed by atoms with E-state index in [-0.39, 0.29) is 30.0 Å². The highest BCUT2D eigenvalue weighted by Crippen LogP contribution is 2.31. The molecule has 0 aromatic heterocycles. The van der Waals surface area contributed by atoms with E-state index in [1.807, 2.05) is 12.1 Å². The Bertz CT molecular complexity index is 567. The summed E-state index contributed by atoms with van der Waals surface area (Å²) in [5.74, 6) is 1.66. The first-order valence-electron chi connectivity index (χ1n) is 9.71. The van der Waals surface area contributed by atoms with Gasteiger partial charge in [0.1, 0.15) is 5.75 Å². The summed E-state index contributed by atoms with van der Waals surface area (Å²) in [7, 11) is 1.74. The number of hydrogen-bond donors (Lipinski definition) is 1. The molecule has 0 saturated carbocycles. The lowest BCUT2D eigenvalue weighted by atomic mass is 10.0. The molecule has 1 aromatic carbocycles. The van der Waals surface area contributed by atoms with Crippen LogP contribution in [0.25, 0.3) is 0 Å². The van der Waals surface area contributed by atoms with Crippen molar-refractivity contribution in [2.24, 2.45) is 10.7 Å². The van der Waals surface area contributed by atoms with Crippen LogP contribution in [0.5, 0.6) is 5.75 Å². The number of rotatable bonds is 5. The molecule has 26 heavy (non-hydrogen) atoms. The van der Waals surface area contributed by atoms with Gasteiger partial charge in [-0.2, -0.15) is 0 Å². The summed E-state index contributed by atoms with van der Waals surface area (Å²) in [6, 6.07) is 8.56. The van der Waals surface area contributed by atoms with Gasteiger partial charge in [0.05, 0.1) is 19.7 Å². The van der Waals surface area contributed by atoms with Gasteiger partial charge in [0.2, 0.25) is 0 Å². The average Bonchev–Trinajstić information content (AvgIpc) is 3.03. The molecule has 2 fully saturated rings. The maximum Gasteiger partial charge on any atom is 0.191 e. The Hall–Kier alpha value is -1.02. The van der Waals surface area contributed by atoms with E-state index in [0.29, 0.717) is 12.5 Å². The van der Waals surface area contributed by atoms with Crippen molar-refractivity contribution in [3.05, 3.63) is 29.8 Å². The molecule has 1 aromatic rings. The fourth-order valence-electron chi connectivity index (χ4n) is 3.99. The van der Waals surface area contributed by atoms with Crippen molar-refractivity contribution in [1.29, 1.82) is 0 Å². The van der Waals surface area contributed by atoms with E-state index in [0.717, 1.165) is 31.9 Å². The number of para-hydroxylation sites is 1. The molecule has 2 aliphatic rings. The Balaban J connectivity index is 0.00000243. The van der Waals surface area contributed by atoms with Crippen LogP contribution in [0.15, 0.2) is 29.3 Å². The molecule has 6 heteroatoms. The minimum absolute atomic E-state index is 0. The van der Waals surface area contributed by atoms with Crippen LogP contribution in [-0.2, 0) is 0 Å². The van der Waals surface area contributed by atoms with Crippen LogP contribution in [0.3, 0.4) is 0 Å². The van der Waals surface area contributed by atoms with Gasteiger partial charge in [-0.05, 0) is 44.8 Å². The molecular formula is C20H33IN4O. The molecule has 1 unspecified atom stereocenters. The number of guanidine groups is 1. The van der Waals surface area contributed by atoms with E-state index in [1.165, 1.54) is 44.1 Å². The zero-order valence-corrected chi connectivity index (χ0v) is 18.2. The fourth-order valence-corrected chi connectivity index (χ4v) is 3.99. The molecule has 3 rings (SSSR count). The molecule has 2 heterocycles. The largest absolute Gasteiger partial charge is 0.496 e. The number of halogens is 1. The number of likely N-dealkylation sites (tertiary alicyclic amines) is 2. The fraction of sp³-hybridized carbons (Fsp3) is 0.650. The highest BCUT2D eigenvalue weighted by molar-refractivity contribution is 14.0. The van der Waals surface area contributed by atoms with Gasteiger partial charge in [-0.1, -0.05) is 31.0 Å². The number of aliphatic imine (C=N–C) groups is 1. The van der Waals surface area contributed by atoms with Gasteiger partial charge in [-0.15, -0.1) is 24.0 Å². The quantitative estimate of drug-likeness (QED) is 0.404. The third-order valence-electron chi connectivity index (χ3n) is 5.44. The smallest absolute Gasteiger partial charge is 0.191 e. The number of methoxy groups -OCH3 is 1. The second kappa shape index (κ2) is 11.0. The first-order valence-corrected chi connectivity index (χ1v) is 9.71.